The van der Waals surface area contributed by atoms with E-state index in [0.29, 0.717) is 17.1 Å². The van der Waals surface area contributed by atoms with Crippen LogP contribution in [0.25, 0.3) is 0 Å². The van der Waals surface area contributed by atoms with Crippen molar-refractivity contribution in [2.24, 2.45) is 0 Å². The average molecular weight is 356 g/mol. The Labute approximate surface area is 151 Å². The number of Topliss-reactive ketones (excluding diaryl/α,β-unsaturated/α-hetero) is 1. The minimum Gasteiger partial charge on any atom is -0.493 e. The first kappa shape index (κ1) is 17.8. The van der Waals surface area contributed by atoms with Gasteiger partial charge < -0.3 is 18.9 Å². The molecule has 0 saturated heterocycles. The molecule has 2 aromatic carbocycles. The highest BCUT2D eigenvalue weighted by Crippen LogP contribution is 2.32. The van der Waals surface area contributed by atoms with Gasteiger partial charge in [-0.1, -0.05) is 12.1 Å². The molecule has 1 aliphatic rings. The lowest BCUT2D eigenvalue weighted by molar-refractivity contribution is -0.143. The molecule has 0 aliphatic carbocycles. The molecule has 0 aromatic heterocycles. The third kappa shape index (κ3) is 4.33. The van der Waals surface area contributed by atoms with Gasteiger partial charge >= 0.3 is 5.97 Å². The Bertz CT molecular complexity index is 827. The van der Waals surface area contributed by atoms with Crippen molar-refractivity contribution in [2.45, 2.75) is 20.3 Å². The molecule has 0 amide bonds. The minimum atomic E-state index is -0.482. The summed E-state index contributed by atoms with van der Waals surface area (Å²) < 4.78 is 21.1. The summed E-state index contributed by atoms with van der Waals surface area (Å²) in [7, 11) is 0. The van der Waals surface area contributed by atoms with E-state index in [4.69, 9.17) is 18.9 Å². The molecule has 0 N–H and O–H groups in total. The Morgan fingerprint density at radius 1 is 1.04 bits per heavy atom. The Morgan fingerprint density at radius 2 is 1.85 bits per heavy atom. The van der Waals surface area contributed by atoms with Gasteiger partial charge in [-0.3, -0.25) is 9.59 Å². The maximum atomic E-state index is 12.1. The number of carbonyl (C=O) groups is 2. The molecule has 0 radical (unpaired) electrons. The van der Waals surface area contributed by atoms with E-state index in [0.717, 1.165) is 16.9 Å². The van der Waals surface area contributed by atoms with Crippen LogP contribution in [-0.4, -0.2) is 31.8 Å². The normalized spacial score (nSPS) is 11.9. The Hall–Kier alpha value is -3.02. The van der Waals surface area contributed by atoms with Gasteiger partial charge in [0, 0.05) is 5.56 Å². The lowest BCUT2D eigenvalue weighted by Gasteiger charge is -2.10. The van der Waals surface area contributed by atoms with Gasteiger partial charge in [0.25, 0.3) is 0 Å². The van der Waals surface area contributed by atoms with Gasteiger partial charge in [-0.25, -0.2) is 0 Å². The summed E-state index contributed by atoms with van der Waals surface area (Å²) in [6.07, 6.45) is 0.0712. The molecule has 2 aromatic rings. The summed E-state index contributed by atoms with van der Waals surface area (Å²) >= 11 is 0. The highest BCUT2D eigenvalue weighted by Gasteiger charge is 2.17. The van der Waals surface area contributed by atoms with E-state index >= 15 is 0 Å². The van der Waals surface area contributed by atoms with E-state index in [1.807, 2.05) is 32.0 Å². The van der Waals surface area contributed by atoms with Crippen LogP contribution < -0.4 is 14.2 Å². The third-order valence-electron chi connectivity index (χ3n) is 3.97. The summed E-state index contributed by atoms with van der Waals surface area (Å²) in [6, 6.07) is 10.7. The summed E-state index contributed by atoms with van der Waals surface area (Å²) in [5, 5.41) is 0. The molecular formula is C20H20O6. The van der Waals surface area contributed by atoms with Crippen LogP contribution in [0.3, 0.4) is 0 Å². The maximum Gasteiger partial charge on any atom is 0.309 e. The van der Waals surface area contributed by atoms with Crippen LogP contribution >= 0.6 is 0 Å². The van der Waals surface area contributed by atoms with Crippen LogP contribution in [0.5, 0.6) is 17.2 Å². The van der Waals surface area contributed by atoms with Crippen LogP contribution in [0.15, 0.2) is 36.4 Å². The van der Waals surface area contributed by atoms with Gasteiger partial charge in [0.1, 0.15) is 5.75 Å². The molecule has 0 spiro atoms. The Kier molecular flexibility index (Phi) is 5.41. The average Bonchev–Trinajstić information content (AvgIpc) is 3.10. The zero-order chi connectivity index (χ0) is 18.5. The number of hydrogen-bond donors (Lipinski definition) is 0. The van der Waals surface area contributed by atoms with E-state index in [1.165, 1.54) is 0 Å². The maximum absolute atomic E-state index is 12.1. The van der Waals surface area contributed by atoms with Gasteiger partial charge in [-0.2, -0.15) is 0 Å². The molecule has 0 bridgehead atoms. The molecule has 0 fully saturated rings. The lowest BCUT2D eigenvalue weighted by atomic mass is 10.1. The summed E-state index contributed by atoms with van der Waals surface area (Å²) in [5.41, 5.74) is 2.50. The number of benzene rings is 2. The molecule has 0 saturated carbocycles. The highest BCUT2D eigenvalue weighted by atomic mass is 16.7. The molecule has 1 aliphatic heterocycles. The summed E-state index contributed by atoms with van der Waals surface area (Å²) in [4.78, 5) is 23.9. The molecule has 0 unspecified atom stereocenters. The second-order valence-corrected chi connectivity index (χ2v) is 6.02. The number of esters is 1. The number of aryl methyl sites for hydroxylation is 2. The second kappa shape index (κ2) is 7.91. The number of fused-ring (bicyclic) bond motifs is 1. The molecular weight excluding hydrogens is 336 g/mol. The largest absolute Gasteiger partial charge is 0.493 e. The van der Waals surface area contributed by atoms with Gasteiger partial charge in [-0.15, -0.1) is 0 Å². The number of ketones is 1. The third-order valence-corrected chi connectivity index (χ3v) is 3.97. The highest BCUT2D eigenvalue weighted by molar-refractivity contribution is 5.98. The summed E-state index contributed by atoms with van der Waals surface area (Å²) in [6.45, 7) is 3.94. The predicted octanol–water partition coefficient (Wildman–Crippen LogP) is 3.23. The Morgan fingerprint density at radius 3 is 2.69 bits per heavy atom. The molecule has 6 heteroatoms. The smallest absolute Gasteiger partial charge is 0.309 e. The van der Waals surface area contributed by atoms with Crippen molar-refractivity contribution < 1.29 is 28.5 Å². The molecule has 6 nitrogen and oxygen atoms in total. The van der Waals surface area contributed by atoms with Crippen molar-refractivity contribution >= 4 is 11.8 Å². The zero-order valence-corrected chi connectivity index (χ0v) is 14.7. The molecule has 3 rings (SSSR count). The van der Waals surface area contributed by atoms with Crippen LogP contribution in [-0.2, 0) is 9.53 Å². The SMILES string of the molecule is Cc1ccc(C)c(OCCC(=O)OCC(=O)c2ccc3c(c2)OCO3)c1. The standard InChI is InChI=1S/C20H20O6/c1-13-3-4-14(2)18(9-13)23-8-7-20(22)24-11-16(21)15-5-6-17-19(10-15)26-12-25-17/h3-6,9-10H,7-8,11-12H2,1-2H3. The number of carbonyl (C=O) groups excluding carboxylic acids is 2. The number of hydrogen-bond acceptors (Lipinski definition) is 6. The lowest BCUT2D eigenvalue weighted by Crippen LogP contribution is -2.16. The first-order valence-corrected chi connectivity index (χ1v) is 8.31. The fourth-order valence-electron chi connectivity index (χ4n) is 2.48. The minimum absolute atomic E-state index is 0.0712. The van der Waals surface area contributed by atoms with Crippen LogP contribution in [0, 0.1) is 13.8 Å². The second-order valence-electron chi connectivity index (χ2n) is 6.02. The van der Waals surface area contributed by atoms with Gasteiger partial charge in [0.05, 0.1) is 13.0 Å². The van der Waals surface area contributed by atoms with E-state index < -0.39 is 5.97 Å². The van der Waals surface area contributed by atoms with Crippen molar-refractivity contribution in [3.8, 4) is 17.2 Å². The van der Waals surface area contributed by atoms with Gasteiger partial charge in [0.2, 0.25) is 6.79 Å². The van der Waals surface area contributed by atoms with E-state index in [9.17, 15) is 9.59 Å². The van der Waals surface area contributed by atoms with Crippen LogP contribution in [0.4, 0.5) is 0 Å². The van der Waals surface area contributed by atoms with Gasteiger partial charge in [0.15, 0.2) is 23.9 Å². The van der Waals surface area contributed by atoms with Gasteiger partial charge in [-0.05, 0) is 49.2 Å². The van der Waals surface area contributed by atoms with E-state index in [-0.39, 0.29) is 32.2 Å². The first-order chi connectivity index (χ1) is 12.5. The predicted molar refractivity (Wildman–Crippen MR) is 93.9 cm³/mol. The van der Waals surface area contributed by atoms with Crippen molar-refractivity contribution in [3.05, 3.63) is 53.1 Å². The van der Waals surface area contributed by atoms with Crippen LogP contribution in [0.1, 0.15) is 27.9 Å². The van der Waals surface area contributed by atoms with Crippen molar-refractivity contribution in [1.29, 1.82) is 0 Å². The molecule has 136 valence electrons. The zero-order valence-electron chi connectivity index (χ0n) is 14.7. The Balaban J connectivity index is 1.44. The molecule has 26 heavy (non-hydrogen) atoms. The van der Waals surface area contributed by atoms with Crippen molar-refractivity contribution in [2.75, 3.05) is 20.0 Å². The van der Waals surface area contributed by atoms with Crippen LogP contribution in [0.2, 0.25) is 0 Å². The van der Waals surface area contributed by atoms with Crippen molar-refractivity contribution in [1.82, 2.24) is 0 Å². The topological polar surface area (TPSA) is 71.1 Å². The fourth-order valence-corrected chi connectivity index (χ4v) is 2.48. The monoisotopic (exact) mass is 356 g/mol. The van der Waals surface area contributed by atoms with Crippen molar-refractivity contribution in [3.63, 3.8) is 0 Å². The number of ether oxygens (including phenoxy) is 4. The first-order valence-electron chi connectivity index (χ1n) is 8.31. The quantitative estimate of drug-likeness (QED) is 0.560. The fraction of sp³-hybridized carbons (Fsp3) is 0.300. The molecule has 1 heterocycles. The number of rotatable bonds is 7. The summed E-state index contributed by atoms with van der Waals surface area (Å²) in [5.74, 6) is 1.08. The molecule has 0 atom stereocenters. The van der Waals surface area contributed by atoms with E-state index in [1.54, 1.807) is 18.2 Å². The van der Waals surface area contributed by atoms with E-state index in [2.05, 4.69) is 0 Å².